The smallest absolute Gasteiger partial charge is 0.170 e. The molecular formula is C13H21BrN3S+. The van der Waals surface area contributed by atoms with E-state index in [4.69, 9.17) is 12.2 Å². The van der Waals surface area contributed by atoms with Crippen LogP contribution >= 0.6 is 28.1 Å². The second-order valence-corrected chi connectivity index (χ2v) is 5.92. The van der Waals surface area contributed by atoms with Crippen molar-refractivity contribution in [2.24, 2.45) is 0 Å². The number of thiocarbonyl (C=S) groups is 1. The van der Waals surface area contributed by atoms with Crippen LogP contribution in [0, 0.1) is 6.92 Å². The highest BCUT2D eigenvalue weighted by atomic mass is 79.9. The van der Waals surface area contributed by atoms with Gasteiger partial charge in [-0.2, -0.15) is 0 Å². The third kappa shape index (κ3) is 5.80. The van der Waals surface area contributed by atoms with E-state index in [2.05, 4.69) is 53.6 Å². The summed E-state index contributed by atoms with van der Waals surface area (Å²) in [6, 6.07) is 6.10. The maximum Gasteiger partial charge on any atom is 0.170 e. The molecular weight excluding hydrogens is 310 g/mol. The van der Waals surface area contributed by atoms with Crippen LogP contribution in [0.3, 0.4) is 0 Å². The molecule has 1 aromatic carbocycles. The molecule has 3 nitrogen and oxygen atoms in total. The van der Waals surface area contributed by atoms with Gasteiger partial charge in [-0.1, -0.05) is 15.9 Å². The fourth-order valence-corrected chi connectivity index (χ4v) is 2.01. The first kappa shape index (κ1) is 15.4. The minimum atomic E-state index is 0.686. The van der Waals surface area contributed by atoms with Gasteiger partial charge in [0.15, 0.2) is 5.11 Å². The largest absolute Gasteiger partial charge is 0.362 e. The molecule has 5 heteroatoms. The molecule has 0 saturated carbocycles. The minimum absolute atomic E-state index is 0.686. The Morgan fingerprint density at radius 3 is 2.72 bits per heavy atom. The van der Waals surface area contributed by atoms with E-state index in [1.807, 2.05) is 12.1 Å². The Bertz CT molecular complexity index is 407. The Hall–Kier alpha value is -0.650. The number of nitrogens with one attached hydrogen (secondary N) is 3. The Morgan fingerprint density at radius 2 is 2.11 bits per heavy atom. The average molecular weight is 331 g/mol. The number of hydrogen-bond acceptors (Lipinski definition) is 1. The standard InChI is InChI=1S/C13H20BrN3S/c1-10-9-11(5-6-12(10)14)16-13(18)15-7-4-8-17(2)3/h5-6,9H,4,7-8H2,1-3H3,(H2,15,16,18)/p+1. The van der Waals surface area contributed by atoms with Gasteiger partial charge >= 0.3 is 0 Å². The van der Waals surface area contributed by atoms with Crippen molar-refractivity contribution in [1.82, 2.24) is 5.32 Å². The summed E-state index contributed by atoms with van der Waals surface area (Å²) >= 11 is 8.73. The predicted octanol–water partition coefficient (Wildman–Crippen LogP) is 1.58. The Kier molecular flexibility index (Phi) is 6.60. The number of anilines is 1. The highest BCUT2D eigenvalue weighted by Gasteiger charge is 2.00. The van der Waals surface area contributed by atoms with E-state index in [1.165, 1.54) is 10.5 Å². The summed E-state index contributed by atoms with van der Waals surface area (Å²) in [6.45, 7) is 4.12. The fourth-order valence-electron chi connectivity index (χ4n) is 1.54. The third-order valence-corrected chi connectivity index (χ3v) is 3.69. The van der Waals surface area contributed by atoms with Crippen molar-refractivity contribution in [3.63, 3.8) is 0 Å². The molecule has 100 valence electrons. The Balaban J connectivity index is 2.33. The Labute approximate surface area is 123 Å². The molecule has 0 heterocycles. The van der Waals surface area contributed by atoms with Crippen LogP contribution in [0.1, 0.15) is 12.0 Å². The number of rotatable bonds is 5. The molecule has 0 aliphatic carbocycles. The van der Waals surface area contributed by atoms with Gasteiger partial charge in [0.05, 0.1) is 20.6 Å². The molecule has 0 aliphatic heterocycles. The molecule has 0 amide bonds. The van der Waals surface area contributed by atoms with Crippen LogP contribution in [-0.2, 0) is 0 Å². The lowest BCUT2D eigenvalue weighted by molar-refractivity contribution is -0.858. The predicted molar refractivity (Wildman–Crippen MR) is 85.4 cm³/mol. The highest BCUT2D eigenvalue weighted by Crippen LogP contribution is 2.19. The topological polar surface area (TPSA) is 28.5 Å². The molecule has 1 aromatic rings. The quantitative estimate of drug-likeness (QED) is 0.565. The van der Waals surface area contributed by atoms with Crippen molar-refractivity contribution in [1.29, 1.82) is 0 Å². The van der Waals surface area contributed by atoms with Crippen LogP contribution < -0.4 is 15.5 Å². The number of halogens is 1. The zero-order chi connectivity index (χ0) is 13.5. The summed E-state index contributed by atoms with van der Waals surface area (Å²) in [5.74, 6) is 0. The maximum absolute atomic E-state index is 5.25. The van der Waals surface area contributed by atoms with Gasteiger partial charge in [0, 0.05) is 23.1 Å². The normalized spacial score (nSPS) is 10.5. The van der Waals surface area contributed by atoms with Gasteiger partial charge in [0.2, 0.25) is 0 Å². The molecule has 1 rings (SSSR count). The molecule has 0 aromatic heterocycles. The molecule has 0 aliphatic rings. The Morgan fingerprint density at radius 1 is 1.39 bits per heavy atom. The van der Waals surface area contributed by atoms with Crippen molar-refractivity contribution < 1.29 is 4.90 Å². The van der Waals surface area contributed by atoms with Crippen molar-refractivity contribution in [3.8, 4) is 0 Å². The number of benzene rings is 1. The average Bonchev–Trinajstić information content (AvgIpc) is 2.29. The molecule has 3 N–H and O–H groups in total. The van der Waals surface area contributed by atoms with E-state index in [1.54, 1.807) is 0 Å². The van der Waals surface area contributed by atoms with Crippen molar-refractivity contribution in [3.05, 3.63) is 28.2 Å². The van der Waals surface area contributed by atoms with E-state index >= 15 is 0 Å². The maximum atomic E-state index is 5.25. The molecule has 0 spiro atoms. The van der Waals surface area contributed by atoms with Gasteiger partial charge in [-0.25, -0.2) is 0 Å². The van der Waals surface area contributed by atoms with Gasteiger partial charge in [-0.15, -0.1) is 0 Å². The van der Waals surface area contributed by atoms with Gasteiger partial charge in [0.25, 0.3) is 0 Å². The van der Waals surface area contributed by atoms with Crippen LogP contribution in [0.4, 0.5) is 5.69 Å². The second-order valence-electron chi connectivity index (χ2n) is 4.66. The first-order valence-electron chi connectivity index (χ1n) is 6.09. The summed E-state index contributed by atoms with van der Waals surface area (Å²) in [4.78, 5) is 1.46. The van der Waals surface area contributed by atoms with Crippen LogP contribution in [0.15, 0.2) is 22.7 Å². The first-order valence-corrected chi connectivity index (χ1v) is 7.29. The SMILES string of the molecule is Cc1cc(NC(=S)NCCC[NH+](C)C)ccc1Br. The number of quaternary nitrogens is 1. The van der Waals surface area contributed by atoms with E-state index in [9.17, 15) is 0 Å². The molecule has 0 saturated heterocycles. The molecule has 18 heavy (non-hydrogen) atoms. The molecule has 0 fully saturated rings. The summed E-state index contributed by atoms with van der Waals surface area (Å²) in [7, 11) is 4.31. The van der Waals surface area contributed by atoms with Gasteiger partial charge in [-0.3, -0.25) is 0 Å². The lowest BCUT2D eigenvalue weighted by atomic mass is 10.2. The van der Waals surface area contributed by atoms with Gasteiger partial charge in [-0.05, 0) is 42.9 Å². The zero-order valence-electron chi connectivity index (χ0n) is 11.1. The molecule has 0 radical (unpaired) electrons. The minimum Gasteiger partial charge on any atom is -0.362 e. The lowest BCUT2D eigenvalue weighted by Gasteiger charge is -2.12. The van der Waals surface area contributed by atoms with Crippen LogP contribution in [-0.4, -0.2) is 32.3 Å². The highest BCUT2D eigenvalue weighted by molar-refractivity contribution is 9.10. The number of hydrogen-bond donors (Lipinski definition) is 3. The first-order chi connectivity index (χ1) is 8.49. The van der Waals surface area contributed by atoms with Gasteiger partial charge < -0.3 is 15.5 Å². The fraction of sp³-hybridized carbons (Fsp3) is 0.462. The third-order valence-electron chi connectivity index (χ3n) is 2.55. The number of aryl methyl sites for hydroxylation is 1. The molecule has 0 bridgehead atoms. The van der Waals surface area contributed by atoms with E-state index < -0.39 is 0 Å². The summed E-state index contributed by atoms with van der Waals surface area (Å²) in [5, 5.41) is 7.09. The summed E-state index contributed by atoms with van der Waals surface area (Å²) in [6.07, 6.45) is 1.11. The summed E-state index contributed by atoms with van der Waals surface area (Å²) in [5.41, 5.74) is 2.21. The van der Waals surface area contributed by atoms with Gasteiger partial charge in [0.1, 0.15) is 0 Å². The van der Waals surface area contributed by atoms with Crippen molar-refractivity contribution in [2.45, 2.75) is 13.3 Å². The molecule has 0 unspecified atom stereocenters. The van der Waals surface area contributed by atoms with Crippen molar-refractivity contribution in [2.75, 3.05) is 32.5 Å². The van der Waals surface area contributed by atoms with E-state index in [0.717, 1.165) is 29.7 Å². The monoisotopic (exact) mass is 330 g/mol. The molecule has 0 atom stereocenters. The van der Waals surface area contributed by atoms with E-state index in [0.29, 0.717) is 5.11 Å². The lowest BCUT2D eigenvalue weighted by Crippen LogP contribution is -3.05. The van der Waals surface area contributed by atoms with Crippen molar-refractivity contribution >= 4 is 38.9 Å². The van der Waals surface area contributed by atoms with E-state index in [-0.39, 0.29) is 0 Å². The van der Waals surface area contributed by atoms with Crippen LogP contribution in [0.25, 0.3) is 0 Å². The zero-order valence-corrected chi connectivity index (χ0v) is 13.5. The van der Waals surface area contributed by atoms with Crippen LogP contribution in [0.2, 0.25) is 0 Å². The second kappa shape index (κ2) is 7.71. The van der Waals surface area contributed by atoms with Crippen LogP contribution in [0.5, 0.6) is 0 Å². The summed E-state index contributed by atoms with van der Waals surface area (Å²) < 4.78 is 1.11.